The van der Waals surface area contributed by atoms with Gasteiger partial charge in [-0.05, 0) is 49.4 Å². The number of hydrogen-bond donors (Lipinski definition) is 3. The largest absolute Gasteiger partial charge is 0.472 e. The molecule has 0 aliphatic rings. The van der Waals surface area contributed by atoms with Crippen LogP contribution < -0.4 is 0 Å². The van der Waals surface area contributed by atoms with Gasteiger partial charge in [-0.25, -0.2) is 9.13 Å². The first-order chi connectivity index (χ1) is 44.7. The second-order valence-electron chi connectivity index (χ2n) is 28.1. The third-order valence-electron chi connectivity index (χ3n) is 17.8. The first kappa shape index (κ1) is 91.1. The minimum Gasteiger partial charge on any atom is -0.462 e. The molecule has 0 saturated heterocycles. The van der Waals surface area contributed by atoms with Gasteiger partial charge in [0.1, 0.15) is 19.3 Å². The quantitative estimate of drug-likeness (QED) is 0.0222. The third-order valence-corrected chi connectivity index (χ3v) is 19.7. The van der Waals surface area contributed by atoms with Crippen LogP contribution in [0, 0.1) is 23.7 Å². The summed E-state index contributed by atoms with van der Waals surface area (Å²) in [7, 11) is -9.90. The first-order valence-corrected chi connectivity index (χ1v) is 41.3. The van der Waals surface area contributed by atoms with Crippen LogP contribution in [0.25, 0.3) is 0 Å². The van der Waals surface area contributed by atoms with E-state index in [1.54, 1.807) is 0 Å². The Kier molecular flexibility index (Phi) is 62.2. The molecular weight excluding hydrogens is 1220 g/mol. The van der Waals surface area contributed by atoms with E-state index in [0.717, 1.165) is 114 Å². The summed E-state index contributed by atoms with van der Waals surface area (Å²) in [5.74, 6) is 0.879. The average Bonchev–Trinajstić information content (AvgIpc) is 2.55. The molecule has 0 bridgehead atoms. The van der Waals surface area contributed by atoms with Gasteiger partial charge in [-0.1, -0.05) is 319 Å². The van der Waals surface area contributed by atoms with Crippen molar-refractivity contribution in [2.24, 2.45) is 23.7 Å². The van der Waals surface area contributed by atoms with E-state index in [2.05, 4.69) is 55.4 Å². The molecule has 17 nitrogen and oxygen atoms in total. The molecule has 0 aromatic heterocycles. The van der Waals surface area contributed by atoms with Crippen molar-refractivity contribution < 1.29 is 80.2 Å². The van der Waals surface area contributed by atoms with Crippen molar-refractivity contribution in [2.75, 3.05) is 39.6 Å². The van der Waals surface area contributed by atoms with E-state index in [1.807, 2.05) is 0 Å². The van der Waals surface area contributed by atoms with Gasteiger partial charge in [0.25, 0.3) is 0 Å². The van der Waals surface area contributed by atoms with Crippen LogP contribution in [0.3, 0.4) is 0 Å². The molecule has 0 aromatic rings. The van der Waals surface area contributed by atoms with E-state index in [0.29, 0.717) is 31.6 Å². The van der Waals surface area contributed by atoms with Gasteiger partial charge in [0.05, 0.1) is 26.4 Å². The van der Waals surface area contributed by atoms with E-state index in [1.165, 1.54) is 167 Å². The Bertz CT molecular complexity index is 1840. The van der Waals surface area contributed by atoms with Crippen molar-refractivity contribution in [2.45, 2.75) is 388 Å². The number of rotatable bonds is 71. The van der Waals surface area contributed by atoms with Gasteiger partial charge in [0.15, 0.2) is 12.2 Å². The summed E-state index contributed by atoms with van der Waals surface area (Å²) in [6.07, 6.45) is 47.6. The van der Waals surface area contributed by atoms with Crippen LogP contribution in [0.4, 0.5) is 0 Å². The lowest BCUT2D eigenvalue weighted by Gasteiger charge is -2.21. The Morgan fingerprint density at radius 3 is 0.763 bits per heavy atom. The number of carbonyl (C=O) groups excluding carboxylic acids is 4. The Labute approximate surface area is 568 Å². The fourth-order valence-electron chi connectivity index (χ4n) is 11.1. The van der Waals surface area contributed by atoms with E-state index in [-0.39, 0.29) is 25.7 Å². The standard InChI is InChI=1S/C74H144O17P2/c1-9-66(7)52-44-36-27-23-19-17-15-13-11-12-14-16-18-20-24-28-38-46-54-71(76)84-60-69(90-73(78)56-48-40-29-25-21-22-26-34-42-50-64(3)4)62-88-92(80,81)86-58-68(75)59-87-93(82,83)89-63-70(91-74(79)57-49-41-32-30-35-43-51-65(5)6)61-85-72(77)55-47-39-33-31-37-45-53-67(8)10-2/h64-70,75H,9-63H2,1-8H3,(H,80,81)(H,82,83)/t66?,67?,68-,69-,70-/m1/s1. The fourth-order valence-corrected chi connectivity index (χ4v) is 12.7. The number of phosphoric ester groups is 2. The van der Waals surface area contributed by atoms with Crippen LogP contribution in [0.1, 0.15) is 370 Å². The third kappa shape index (κ3) is 65.8. The molecule has 4 unspecified atom stereocenters. The van der Waals surface area contributed by atoms with Crippen LogP contribution in [-0.4, -0.2) is 96.7 Å². The molecule has 0 radical (unpaired) electrons. The molecule has 0 aliphatic heterocycles. The Balaban J connectivity index is 5.13. The van der Waals surface area contributed by atoms with E-state index >= 15 is 0 Å². The molecule has 0 saturated carbocycles. The first-order valence-electron chi connectivity index (χ1n) is 38.3. The number of ether oxygens (including phenoxy) is 4. The van der Waals surface area contributed by atoms with Crippen molar-refractivity contribution in [3.63, 3.8) is 0 Å². The van der Waals surface area contributed by atoms with Crippen LogP contribution in [0.5, 0.6) is 0 Å². The minimum absolute atomic E-state index is 0.101. The molecule has 0 amide bonds. The highest BCUT2D eigenvalue weighted by Crippen LogP contribution is 2.45. The van der Waals surface area contributed by atoms with Crippen LogP contribution >= 0.6 is 15.6 Å². The van der Waals surface area contributed by atoms with Crippen LogP contribution in [0.2, 0.25) is 0 Å². The molecule has 0 spiro atoms. The zero-order valence-corrected chi connectivity index (χ0v) is 62.7. The Hall–Kier alpha value is -1.94. The Morgan fingerprint density at radius 1 is 0.301 bits per heavy atom. The lowest BCUT2D eigenvalue weighted by atomic mass is 9.99. The maximum atomic E-state index is 13.0. The van der Waals surface area contributed by atoms with Gasteiger partial charge in [0.2, 0.25) is 0 Å². The lowest BCUT2D eigenvalue weighted by molar-refractivity contribution is -0.161. The molecule has 19 heteroatoms. The number of carbonyl (C=O) groups is 4. The number of hydrogen-bond acceptors (Lipinski definition) is 15. The van der Waals surface area contributed by atoms with Crippen LogP contribution in [0.15, 0.2) is 0 Å². The molecule has 0 fully saturated rings. The van der Waals surface area contributed by atoms with E-state index in [4.69, 9.17) is 37.0 Å². The molecule has 0 rings (SSSR count). The van der Waals surface area contributed by atoms with Gasteiger partial charge in [-0.15, -0.1) is 0 Å². The monoisotopic (exact) mass is 1370 g/mol. The highest BCUT2D eigenvalue weighted by Gasteiger charge is 2.30. The van der Waals surface area contributed by atoms with E-state index in [9.17, 15) is 43.2 Å². The SMILES string of the molecule is CCC(C)CCCCCCCCCCCCCCCCCCCCC(=O)OC[C@H](COP(=O)(O)OC[C@@H](O)COP(=O)(O)OC[C@@H](COC(=O)CCCCCCCCC(C)CC)OC(=O)CCCCCCCCC(C)C)OC(=O)CCCCCCCCCCCC(C)C. The van der Waals surface area contributed by atoms with Gasteiger partial charge in [-0.3, -0.25) is 37.3 Å². The van der Waals surface area contributed by atoms with Gasteiger partial charge >= 0.3 is 39.5 Å². The molecule has 0 aliphatic carbocycles. The number of esters is 4. The predicted octanol–water partition coefficient (Wildman–Crippen LogP) is 21.3. The lowest BCUT2D eigenvalue weighted by Crippen LogP contribution is -2.30. The summed E-state index contributed by atoms with van der Waals surface area (Å²) >= 11 is 0. The van der Waals surface area contributed by atoms with Crippen molar-refractivity contribution in [3.8, 4) is 0 Å². The summed E-state index contributed by atoms with van der Waals surface area (Å²) in [5.41, 5.74) is 0. The van der Waals surface area contributed by atoms with Gasteiger partial charge in [0, 0.05) is 25.7 Å². The summed E-state index contributed by atoms with van der Waals surface area (Å²) in [6.45, 7) is 14.1. The summed E-state index contributed by atoms with van der Waals surface area (Å²) < 4.78 is 68.3. The summed E-state index contributed by atoms with van der Waals surface area (Å²) in [5, 5.41) is 10.6. The Morgan fingerprint density at radius 2 is 0.516 bits per heavy atom. The van der Waals surface area contributed by atoms with Gasteiger partial charge in [-0.2, -0.15) is 0 Å². The fraction of sp³-hybridized carbons (Fsp3) is 0.946. The molecule has 0 heterocycles. The number of aliphatic hydroxyl groups excluding tert-OH is 1. The smallest absolute Gasteiger partial charge is 0.462 e. The van der Waals surface area contributed by atoms with Crippen molar-refractivity contribution in [3.05, 3.63) is 0 Å². The van der Waals surface area contributed by atoms with Crippen LogP contribution in [-0.2, 0) is 65.4 Å². The van der Waals surface area contributed by atoms with Crippen molar-refractivity contribution in [1.82, 2.24) is 0 Å². The van der Waals surface area contributed by atoms with Crippen molar-refractivity contribution in [1.29, 1.82) is 0 Å². The average molecular weight is 1370 g/mol. The maximum absolute atomic E-state index is 13.0. The summed E-state index contributed by atoms with van der Waals surface area (Å²) in [6, 6.07) is 0. The number of phosphoric acid groups is 2. The zero-order valence-electron chi connectivity index (χ0n) is 60.9. The second kappa shape index (κ2) is 63.5. The van der Waals surface area contributed by atoms with E-state index < -0.39 is 97.5 Å². The zero-order chi connectivity index (χ0) is 68.9. The predicted molar refractivity (Wildman–Crippen MR) is 377 cm³/mol. The second-order valence-corrected chi connectivity index (χ2v) is 31.0. The number of aliphatic hydroxyl groups is 1. The molecule has 3 N–H and O–H groups in total. The molecule has 93 heavy (non-hydrogen) atoms. The summed E-state index contributed by atoms with van der Waals surface area (Å²) in [4.78, 5) is 72.6. The highest BCUT2D eigenvalue weighted by molar-refractivity contribution is 7.47. The molecular formula is C74H144O17P2. The number of unbranched alkanes of at least 4 members (excludes halogenated alkanes) is 35. The van der Waals surface area contributed by atoms with Crippen molar-refractivity contribution >= 4 is 39.5 Å². The molecule has 0 aromatic carbocycles. The topological polar surface area (TPSA) is 237 Å². The highest BCUT2D eigenvalue weighted by atomic mass is 31.2. The molecule has 552 valence electrons. The maximum Gasteiger partial charge on any atom is 0.472 e. The minimum atomic E-state index is -4.95. The molecule has 7 atom stereocenters. The normalized spacial score (nSPS) is 14.8. The van der Waals surface area contributed by atoms with Gasteiger partial charge < -0.3 is 33.8 Å².